The van der Waals surface area contributed by atoms with E-state index < -0.39 is 24.0 Å². The van der Waals surface area contributed by atoms with Crippen LogP contribution in [-0.4, -0.2) is 43.3 Å². The Balaban J connectivity index is 1.31. The molecule has 0 radical (unpaired) electrons. The summed E-state index contributed by atoms with van der Waals surface area (Å²) in [4.78, 5) is 25.1. The minimum absolute atomic E-state index is 0.00331. The van der Waals surface area contributed by atoms with Gasteiger partial charge in [-0.1, -0.05) is 43.7 Å². The second-order valence-corrected chi connectivity index (χ2v) is 12.6. The first kappa shape index (κ1) is 27.2. The van der Waals surface area contributed by atoms with Gasteiger partial charge in [-0.25, -0.2) is 9.59 Å². The smallest absolute Gasteiger partial charge is 0.412 e. The number of fused-ring (bicyclic) bond motifs is 3. The highest BCUT2D eigenvalue weighted by atomic mass is 35.5. The molecule has 0 aromatic heterocycles. The number of ether oxygens (including phenoxy) is 4. The van der Waals surface area contributed by atoms with E-state index in [9.17, 15) is 9.59 Å². The molecule has 1 N–H and O–H groups in total. The maximum Gasteiger partial charge on any atom is 0.412 e. The number of hydrogen-bond donors (Lipinski definition) is 1. The normalized spacial score (nSPS) is 37.2. The molecule has 2 saturated carbocycles. The summed E-state index contributed by atoms with van der Waals surface area (Å²) in [5, 5.41) is 3.24. The van der Waals surface area contributed by atoms with Gasteiger partial charge in [-0.3, -0.25) is 5.32 Å². The lowest BCUT2D eigenvalue weighted by Crippen LogP contribution is -2.62. The maximum atomic E-state index is 12.6. The van der Waals surface area contributed by atoms with Crippen LogP contribution in [0.15, 0.2) is 48.1 Å². The van der Waals surface area contributed by atoms with Crippen LogP contribution in [-0.2, 0) is 23.7 Å². The standard InChI is InChI=1S/C30H38ClNO6/c1-18-6-13-24-29(4,15-14-25-30(24,5)17-36-28(2,3)38-25)22(18)12-11-21-23(16-35-26(21)33)37-27(34)32-20-9-7-19(31)8-10-20/h7-11,22-25H,1,6,12-17H2,2-5H3,(H,32,34)/b21-11+/t22-,23-,24+,25-,29+,30+/m1/s1. The molecule has 1 aromatic rings. The highest BCUT2D eigenvalue weighted by Gasteiger charge is 2.60. The molecule has 206 valence electrons. The van der Waals surface area contributed by atoms with Gasteiger partial charge in [0.1, 0.15) is 6.61 Å². The van der Waals surface area contributed by atoms with Crippen molar-refractivity contribution in [3.8, 4) is 0 Å². The van der Waals surface area contributed by atoms with Crippen molar-refractivity contribution in [1.29, 1.82) is 0 Å². The zero-order valence-corrected chi connectivity index (χ0v) is 23.4. The lowest BCUT2D eigenvalue weighted by atomic mass is 9.46. The van der Waals surface area contributed by atoms with Gasteiger partial charge in [-0.15, -0.1) is 0 Å². The van der Waals surface area contributed by atoms with Gasteiger partial charge in [-0.2, -0.15) is 0 Å². The molecule has 2 saturated heterocycles. The Kier molecular flexibility index (Phi) is 7.16. The molecule has 38 heavy (non-hydrogen) atoms. The number of nitrogens with one attached hydrogen (secondary N) is 1. The first-order chi connectivity index (χ1) is 17.9. The predicted octanol–water partition coefficient (Wildman–Crippen LogP) is 6.67. The lowest BCUT2D eigenvalue weighted by molar-refractivity contribution is -0.344. The van der Waals surface area contributed by atoms with Gasteiger partial charge in [0, 0.05) is 16.1 Å². The third-order valence-electron chi connectivity index (χ3n) is 9.33. The fourth-order valence-corrected chi connectivity index (χ4v) is 7.45. The molecule has 1 aromatic carbocycles. The van der Waals surface area contributed by atoms with Crippen LogP contribution < -0.4 is 5.32 Å². The van der Waals surface area contributed by atoms with Gasteiger partial charge in [0.2, 0.25) is 0 Å². The largest absolute Gasteiger partial charge is 0.458 e. The summed E-state index contributed by atoms with van der Waals surface area (Å²) in [7, 11) is 0. The van der Waals surface area contributed by atoms with Crippen molar-refractivity contribution in [3.05, 3.63) is 53.1 Å². The van der Waals surface area contributed by atoms with Gasteiger partial charge >= 0.3 is 12.1 Å². The quantitative estimate of drug-likeness (QED) is 0.259. The average molecular weight is 544 g/mol. The third-order valence-corrected chi connectivity index (χ3v) is 9.59. The van der Waals surface area contributed by atoms with E-state index in [0.717, 1.165) is 25.7 Å². The van der Waals surface area contributed by atoms with E-state index in [2.05, 4.69) is 25.7 Å². The zero-order valence-electron chi connectivity index (χ0n) is 22.7. The molecule has 0 bridgehead atoms. The molecule has 6 atom stereocenters. The van der Waals surface area contributed by atoms with Crippen molar-refractivity contribution in [2.75, 3.05) is 18.5 Å². The van der Waals surface area contributed by atoms with Gasteiger partial charge in [0.25, 0.3) is 0 Å². The van der Waals surface area contributed by atoms with Crippen molar-refractivity contribution in [2.45, 2.75) is 77.8 Å². The van der Waals surface area contributed by atoms with E-state index in [-0.39, 0.29) is 29.5 Å². The topological polar surface area (TPSA) is 83.1 Å². The maximum absolute atomic E-state index is 12.6. The van der Waals surface area contributed by atoms with Crippen molar-refractivity contribution < 1.29 is 28.5 Å². The van der Waals surface area contributed by atoms with E-state index in [1.165, 1.54) is 5.57 Å². The lowest BCUT2D eigenvalue weighted by Gasteiger charge is -2.63. The van der Waals surface area contributed by atoms with E-state index in [1.807, 2.05) is 19.9 Å². The Morgan fingerprint density at radius 3 is 2.66 bits per heavy atom. The van der Waals surface area contributed by atoms with Crippen molar-refractivity contribution in [3.63, 3.8) is 0 Å². The number of allylic oxidation sites excluding steroid dienone is 2. The first-order valence-corrected chi connectivity index (χ1v) is 13.9. The third kappa shape index (κ3) is 5.01. The number of benzene rings is 1. The van der Waals surface area contributed by atoms with Crippen LogP contribution in [0, 0.1) is 22.7 Å². The van der Waals surface area contributed by atoms with E-state index in [1.54, 1.807) is 24.3 Å². The summed E-state index contributed by atoms with van der Waals surface area (Å²) < 4.78 is 23.4. The minimum Gasteiger partial charge on any atom is -0.458 e. The van der Waals surface area contributed by atoms with Crippen LogP contribution in [0.2, 0.25) is 5.02 Å². The molecule has 0 spiro atoms. The molecule has 4 aliphatic rings. The molecule has 1 amide bonds. The van der Waals surface area contributed by atoms with E-state index >= 15 is 0 Å². The summed E-state index contributed by atoms with van der Waals surface area (Å²) in [5.41, 5.74) is 2.07. The first-order valence-electron chi connectivity index (χ1n) is 13.5. The highest BCUT2D eigenvalue weighted by Crippen LogP contribution is 2.63. The monoisotopic (exact) mass is 543 g/mol. The molecule has 2 aliphatic heterocycles. The number of anilines is 1. The van der Waals surface area contributed by atoms with E-state index in [0.29, 0.717) is 35.2 Å². The number of esters is 1. The molecular weight excluding hydrogens is 506 g/mol. The van der Waals surface area contributed by atoms with Crippen LogP contribution in [0.5, 0.6) is 0 Å². The molecule has 8 heteroatoms. The highest BCUT2D eigenvalue weighted by molar-refractivity contribution is 6.30. The van der Waals surface area contributed by atoms with Crippen molar-refractivity contribution >= 4 is 29.4 Å². The second-order valence-electron chi connectivity index (χ2n) is 12.2. The van der Waals surface area contributed by atoms with Crippen LogP contribution >= 0.6 is 11.6 Å². The number of hydrogen-bond acceptors (Lipinski definition) is 6. The molecule has 4 fully saturated rings. The molecule has 2 aliphatic carbocycles. The van der Waals surface area contributed by atoms with E-state index in [4.69, 9.17) is 30.5 Å². The Morgan fingerprint density at radius 2 is 1.92 bits per heavy atom. The van der Waals surface area contributed by atoms with Gasteiger partial charge < -0.3 is 18.9 Å². The molecular formula is C30H38ClNO6. The number of halogens is 1. The van der Waals surface area contributed by atoms with Crippen LogP contribution in [0.4, 0.5) is 10.5 Å². The Hall–Kier alpha value is -2.35. The summed E-state index contributed by atoms with van der Waals surface area (Å²) in [6.45, 7) is 13.8. The summed E-state index contributed by atoms with van der Waals surface area (Å²) in [6.07, 6.45) is 5.29. The Labute approximate surface area is 229 Å². The van der Waals surface area contributed by atoms with Gasteiger partial charge in [0.05, 0.1) is 18.3 Å². The molecule has 5 rings (SSSR count). The predicted molar refractivity (Wildman–Crippen MR) is 145 cm³/mol. The summed E-state index contributed by atoms with van der Waals surface area (Å²) in [6, 6.07) is 6.72. The minimum atomic E-state index is -0.758. The fraction of sp³-hybridized carbons (Fsp3) is 0.600. The average Bonchev–Trinajstić information content (AvgIpc) is 3.19. The van der Waals surface area contributed by atoms with Crippen molar-refractivity contribution in [2.24, 2.45) is 22.7 Å². The molecule has 7 nitrogen and oxygen atoms in total. The summed E-state index contributed by atoms with van der Waals surface area (Å²) >= 11 is 5.91. The van der Waals surface area contributed by atoms with Gasteiger partial charge in [-0.05, 0) is 87.5 Å². The number of carbonyl (C=O) groups excluding carboxylic acids is 2. The number of rotatable bonds is 4. The van der Waals surface area contributed by atoms with Gasteiger partial charge in [0.15, 0.2) is 11.9 Å². The van der Waals surface area contributed by atoms with Crippen LogP contribution in [0.25, 0.3) is 0 Å². The molecule has 0 unspecified atom stereocenters. The fourth-order valence-electron chi connectivity index (χ4n) is 7.32. The van der Waals surface area contributed by atoms with Crippen LogP contribution in [0.3, 0.4) is 0 Å². The number of amides is 1. The molecule has 2 heterocycles. The summed E-state index contributed by atoms with van der Waals surface area (Å²) in [5.74, 6) is -0.396. The zero-order chi connectivity index (χ0) is 27.3. The van der Waals surface area contributed by atoms with Crippen molar-refractivity contribution in [1.82, 2.24) is 0 Å². The second kappa shape index (κ2) is 10.00. The SMILES string of the molecule is C=C1CC[C@@H]2[C@]3(C)COC(C)(C)O[C@@H]3CC[C@@]2(C)[C@@H]1C/C=C1/C(=O)OC[C@H]1OC(=O)Nc1ccc(Cl)cc1. The van der Waals surface area contributed by atoms with Crippen LogP contribution in [0.1, 0.15) is 59.8 Å². The number of carbonyl (C=O) groups is 2. The number of cyclic esters (lactones) is 1. The Morgan fingerprint density at radius 1 is 1.18 bits per heavy atom. The Bertz CT molecular complexity index is 1150.